The second-order valence-electron chi connectivity index (χ2n) is 4.30. The first-order chi connectivity index (χ1) is 8.08. The lowest BCUT2D eigenvalue weighted by atomic mass is 9.92. The van der Waals surface area contributed by atoms with E-state index in [1.54, 1.807) is 0 Å². The predicted molar refractivity (Wildman–Crippen MR) is 65.1 cm³/mol. The molecule has 2 aromatic rings. The van der Waals surface area contributed by atoms with Gasteiger partial charge in [-0.15, -0.1) is 0 Å². The molecule has 0 bridgehead atoms. The largest absolute Gasteiger partial charge is 0.207 e. The molecule has 0 aromatic heterocycles. The van der Waals surface area contributed by atoms with Crippen molar-refractivity contribution < 1.29 is 8.78 Å². The lowest BCUT2D eigenvalue weighted by molar-refractivity contribution is 0.568. The Labute approximate surface area is 99.9 Å². The lowest BCUT2D eigenvalue weighted by Crippen LogP contribution is -2.00. The van der Waals surface area contributed by atoms with E-state index < -0.39 is 11.6 Å². The summed E-state index contributed by atoms with van der Waals surface area (Å²) < 4.78 is 26.5. The number of rotatable bonds is 2. The zero-order valence-electron chi connectivity index (χ0n) is 9.87. The second-order valence-corrected chi connectivity index (χ2v) is 4.30. The molecule has 0 radical (unpaired) electrons. The van der Waals surface area contributed by atoms with Gasteiger partial charge in [-0.1, -0.05) is 42.8 Å². The molecule has 17 heavy (non-hydrogen) atoms. The van der Waals surface area contributed by atoms with E-state index in [0.717, 1.165) is 11.6 Å². The Balaban J connectivity index is 2.36. The third-order valence-corrected chi connectivity index (χ3v) is 3.01. The van der Waals surface area contributed by atoms with E-state index in [0.29, 0.717) is 5.56 Å². The SMILES string of the molecule is Cc1ccc(C(C)c2ccc(F)cc2F)cc1. The molecular formula is C15H14F2. The van der Waals surface area contributed by atoms with Crippen molar-refractivity contribution in [2.24, 2.45) is 0 Å². The number of hydrogen-bond acceptors (Lipinski definition) is 0. The molecule has 0 saturated heterocycles. The third kappa shape index (κ3) is 2.52. The van der Waals surface area contributed by atoms with Crippen LogP contribution in [0.3, 0.4) is 0 Å². The van der Waals surface area contributed by atoms with Gasteiger partial charge in [0.15, 0.2) is 0 Å². The minimum Gasteiger partial charge on any atom is -0.207 e. The van der Waals surface area contributed by atoms with Crippen LogP contribution in [0.4, 0.5) is 8.78 Å². The van der Waals surface area contributed by atoms with Gasteiger partial charge in [0.05, 0.1) is 0 Å². The van der Waals surface area contributed by atoms with Crippen molar-refractivity contribution in [1.29, 1.82) is 0 Å². The first-order valence-electron chi connectivity index (χ1n) is 5.59. The van der Waals surface area contributed by atoms with Gasteiger partial charge in [-0.2, -0.15) is 0 Å². The molecule has 0 aliphatic carbocycles. The van der Waals surface area contributed by atoms with Crippen molar-refractivity contribution in [3.63, 3.8) is 0 Å². The van der Waals surface area contributed by atoms with Crippen LogP contribution in [-0.4, -0.2) is 0 Å². The number of aryl methyl sites for hydroxylation is 1. The molecule has 0 heterocycles. The number of benzene rings is 2. The van der Waals surface area contributed by atoms with E-state index in [1.807, 2.05) is 38.1 Å². The van der Waals surface area contributed by atoms with E-state index in [2.05, 4.69) is 0 Å². The van der Waals surface area contributed by atoms with Crippen LogP contribution in [0.1, 0.15) is 29.5 Å². The van der Waals surface area contributed by atoms with E-state index in [9.17, 15) is 8.78 Å². The zero-order chi connectivity index (χ0) is 12.4. The first kappa shape index (κ1) is 11.8. The van der Waals surface area contributed by atoms with Crippen molar-refractivity contribution >= 4 is 0 Å². The first-order valence-corrected chi connectivity index (χ1v) is 5.59. The molecule has 0 aliphatic heterocycles. The molecule has 0 fully saturated rings. The average Bonchev–Trinajstić information content (AvgIpc) is 2.29. The van der Waals surface area contributed by atoms with Gasteiger partial charge in [0.1, 0.15) is 11.6 Å². The summed E-state index contributed by atoms with van der Waals surface area (Å²) in [4.78, 5) is 0. The van der Waals surface area contributed by atoms with Gasteiger partial charge in [0, 0.05) is 12.0 Å². The molecule has 2 heteroatoms. The highest BCUT2D eigenvalue weighted by Gasteiger charge is 2.13. The Hall–Kier alpha value is -1.70. The minimum absolute atomic E-state index is 0.0730. The zero-order valence-corrected chi connectivity index (χ0v) is 9.87. The van der Waals surface area contributed by atoms with Crippen LogP contribution in [0.5, 0.6) is 0 Å². The Morgan fingerprint density at radius 2 is 1.59 bits per heavy atom. The van der Waals surface area contributed by atoms with Gasteiger partial charge in [0.25, 0.3) is 0 Å². The van der Waals surface area contributed by atoms with E-state index in [1.165, 1.54) is 17.7 Å². The Morgan fingerprint density at radius 3 is 2.18 bits per heavy atom. The second kappa shape index (κ2) is 4.66. The standard InChI is InChI=1S/C15H14F2/c1-10-3-5-12(6-4-10)11(2)14-8-7-13(16)9-15(14)17/h3-9,11H,1-2H3. The summed E-state index contributed by atoms with van der Waals surface area (Å²) in [6, 6.07) is 11.7. The summed E-state index contributed by atoms with van der Waals surface area (Å²) in [6.45, 7) is 3.92. The molecule has 1 unspecified atom stereocenters. The van der Waals surface area contributed by atoms with Gasteiger partial charge < -0.3 is 0 Å². The molecule has 88 valence electrons. The molecule has 1 atom stereocenters. The molecule has 0 saturated carbocycles. The van der Waals surface area contributed by atoms with Gasteiger partial charge in [-0.05, 0) is 24.1 Å². The average molecular weight is 232 g/mol. The van der Waals surface area contributed by atoms with Gasteiger partial charge in [0.2, 0.25) is 0 Å². The molecular weight excluding hydrogens is 218 g/mol. The lowest BCUT2D eigenvalue weighted by Gasteiger charge is -2.13. The fourth-order valence-corrected chi connectivity index (χ4v) is 1.89. The van der Waals surface area contributed by atoms with Gasteiger partial charge >= 0.3 is 0 Å². The van der Waals surface area contributed by atoms with Crippen molar-refractivity contribution in [2.45, 2.75) is 19.8 Å². The summed E-state index contributed by atoms with van der Waals surface area (Å²) in [5, 5.41) is 0. The normalized spacial score (nSPS) is 12.5. The monoisotopic (exact) mass is 232 g/mol. The third-order valence-electron chi connectivity index (χ3n) is 3.01. The van der Waals surface area contributed by atoms with Crippen molar-refractivity contribution in [1.82, 2.24) is 0 Å². The van der Waals surface area contributed by atoms with E-state index >= 15 is 0 Å². The molecule has 0 aliphatic rings. The highest BCUT2D eigenvalue weighted by atomic mass is 19.1. The fourth-order valence-electron chi connectivity index (χ4n) is 1.89. The highest BCUT2D eigenvalue weighted by Crippen LogP contribution is 2.26. The summed E-state index contributed by atoms with van der Waals surface area (Å²) in [5.41, 5.74) is 2.72. The Morgan fingerprint density at radius 1 is 0.941 bits per heavy atom. The van der Waals surface area contributed by atoms with Crippen LogP contribution in [0.25, 0.3) is 0 Å². The van der Waals surface area contributed by atoms with E-state index in [-0.39, 0.29) is 5.92 Å². The summed E-state index contributed by atoms with van der Waals surface area (Å²) >= 11 is 0. The maximum atomic E-state index is 13.6. The Kier molecular flexibility index (Phi) is 3.23. The van der Waals surface area contributed by atoms with E-state index in [4.69, 9.17) is 0 Å². The molecule has 0 spiro atoms. The predicted octanol–water partition coefficient (Wildman–Crippen LogP) is 4.43. The van der Waals surface area contributed by atoms with Crippen molar-refractivity contribution in [3.05, 3.63) is 70.8 Å². The van der Waals surface area contributed by atoms with Crippen molar-refractivity contribution in [3.8, 4) is 0 Å². The maximum absolute atomic E-state index is 13.6. The van der Waals surface area contributed by atoms with Gasteiger partial charge in [-0.3, -0.25) is 0 Å². The molecule has 2 rings (SSSR count). The van der Waals surface area contributed by atoms with Gasteiger partial charge in [-0.25, -0.2) is 8.78 Å². The van der Waals surface area contributed by atoms with Crippen molar-refractivity contribution in [2.75, 3.05) is 0 Å². The topological polar surface area (TPSA) is 0 Å². The smallest absolute Gasteiger partial charge is 0.129 e. The number of hydrogen-bond donors (Lipinski definition) is 0. The molecule has 2 aromatic carbocycles. The maximum Gasteiger partial charge on any atom is 0.129 e. The van der Waals surface area contributed by atoms with Crippen LogP contribution in [0.15, 0.2) is 42.5 Å². The van der Waals surface area contributed by atoms with Crippen LogP contribution < -0.4 is 0 Å². The summed E-state index contributed by atoms with van der Waals surface area (Å²) in [7, 11) is 0. The fraction of sp³-hybridized carbons (Fsp3) is 0.200. The molecule has 0 nitrogen and oxygen atoms in total. The quantitative estimate of drug-likeness (QED) is 0.718. The highest BCUT2D eigenvalue weighted by molar-refractivity contribution is 5.34. The Bertz CT molecular complexity index is 515. The summed E-state index contributed by atoms with van der Waals surface area (Å²) in [6.07, 6.45) is 0. The molecule has 0 N–H and O–H groups in total. The summed E-state index contributed by atoms with van der Waals surface area (Å²) in [5.74, 6) is -1.10. The molecule has 0 amide bonds. The van der Waals surface area contributed by atoms with Crippen LogP contribution >= 0.6 is 0 Å². The minimum atomic E-state index is -0.539. The van der Waals surface area contributed by atoms with Crippen LogP contribution in [-0.2, 0) is 0 Å². The number of halogens is 2. The van der Waals surface area contributed by atoms with Crippen LogP contribution in [0, 0.1) is 18.6 Å². The van der Waals surface area contributed by atoms with Crippen LogP contribution in [0.2, 0.25) is 0 Å².